The molecular weight excluding hydrogens is 276 g/mol. The first kappa shape index (κ1) is 14.9. The summed E-state index contributed by atoms with van der Waals surface area (Å²) < 4.78 is 4.47. The zero-order valence-corrected chi connectivity index (χ0v) is 11.2. The van der Waals surface area contributed by atoms with Crippen LogP contribution in [0.4, 0.5) is 11.4 Å². The third-order valence-corrected chi connectivity index (χ3v) is 2.81. The number of nitro benzene ring substituents is 1. The second-order valence-electron chi connectivity index (χ2n) is 3.65. The van der Waals surface area contributed by atoms with Crippen LogP contribution in [0, 0.1) is 10.1 Å². The Morgan fingerprint density at radius 1 is 1.42 bits per heavy atom. The molecule has 1 aromatic carbocycles. The average molecular weight is 287 g/mol. The van der Waals surface area contributed by atoms with Crippen LogP contribution in [0.2, 0.25) is 5.02 Å². The molecular formula is C11H11ClN2O5. The number of carbonyl (C=O) groups excluding carboxylic acids is 2. The molecule has 0 bridgehead atoms. The molecule has 1 rings (SSSR count). The highest BCUT2D eigenvalue weighted by Crippen LogP contribution is 2.33. The van der Waals surface area contributed by atoms with Crippen LogP contribution in [0.15, 0.2) is 12.1 Å². The van der Waals surface area contributed by atoms with Crippen molar-refractivity contribution in [3.8, 4) is 0 Å². The van der Waals surface area contributed by atoms with Crippen molar-refractivity contribution in [3.63, 3.8) is 0 Å². The molecule has 0 atom stereocenters. The number of hydrogen-bond donors (Lipinski definition) is 0. The summed E-state index contributed by atoms with van der Waals surface area (Å²) in [4.78, 5) is 34.1. The van der Waals surface area contributed by atoms with Gasteiger partial charge in [-0.05, 0) is 6.07 Å². The number of benzene rings is 1. The van der Waals surface area contributed by atoms with Crippen LogP contribution in [0.5, 0.6) is 0 Å². The number of methoxy groups -OCH3 is 1. The van der Waals surface area contributed by atoms with Gasteiger partial charge in [0, 0.05) is 20.0 Å². The minimum absolute atomic E-state index is 0.00940. The summed E-state index contributed by atoms with van der Waals surface area (Å²) in [6.45, 7) is 1.26. The molecule has 102 valence electrons. The molecule has 0 aliphatic heterocycles. The molecule has 0 aromatic heterocycles. The number of anilines is 1. The molecule has 0 radical (unpaired) electrons. The number of rotatable bonds is 3. The van der Waals surface area contributed by atoms with Crippen molar-refractivity contribution in [2.24, 2.45) is 0 Å². The van der Waals surface area contributed by atoms with Crippen LogP contribution in [0.3, 0.4) is 0 Å². The van der Waals surface area contributed by atoms with Crippen molar-refractivity contribution in [3.05, 3.63) is 32.8 Å². The van der Waals surface area contributed by atoms with Crippen molar-refractivity contribution in [2.75, 3.05) is 19.1 Å². The van der Waals surface area contributed by atoms with Crippen molar-refractivity contribution < 1.29 is 19.2 Å². The van der Waals surface area contributed by atoms with Gasteiger partial charge >= 0.3 is 5.97 Å². The molecule has 0 fully saturated rings. The summed E-state index contributed by atoms with van der Waals surface area (Å²) in [5, 5.41) is 11.0. The SMILES string of the molecule is COC(=O)c1cc([N+](=O)[O-])c(N(C)C(C)=O)cc1Cl. The highest BCUT2D eigenvalue weighted by Gasteiger charge is 2.25. The fraction of sp³-hybridized carbons (Fsp3) is 0.273. The number of ether oxygens (including phenoxy) is 1. The van der Waals surface area contributed by atoms with E-state index in [4.69, 9.17) is 11.6 Å². The third kappa shape index (κ3) is 3.00. The van der Waals surface area contributed by atoms with Gasteiger partial charge in [0.15, 0.2) is 0 Å². The van der Waals surface area contributed by atoms with E-state index < -0.39 is 22.5 Å². The Morgan fingerprint density at radius 2 is 2.00 bits per heavy atom. The van der Waals surface area contributed by atoms with Crippen LogP contribution < -0.4 is 4.90 Å². The molecule has 0 saturated carbocycles. The van der Waals surface area contributed by atoms with Crippen LogP contribution in [0.25, 0.3) is 0 Å². The standard InChI is InChI=1S/C11H11ClN2O5/c1-6(15)13(2)9-5-8(12)7(11(16)19-3)4-10(9)14(17)18/h4-5H,1-3H3. The van der Waals surface area contributed by atoms with E-state index in [1.54, 1.807) is 0 Å². The Bertz CT molecular complexity index is 558. The highest BCUT2D eigenvalue weighted by atomic mass is 35.5. The van der Waals surface area contributed by atoms with Gasteiger partial charge in [0.1, 0.15) is 5.69 Å². The van der Waals surface area contributed by atoms with Gasteiger partial charge in [0.2, 0.25) is 5.91 Å². The van der Waals surface area contributed by atoms with Gasteiger partial charge < -0.3 is 9.64 Å². The molecule has 8 heteroatoms. The van der Waals surface area contributed by atoms with Crippen molar-refractivity contribution in [1.82, 2.24) is 0 Å². The normalized spacial score (nSPS) is 9.89. The highest BCUT2D eigenvalue weighted by molar-refractivity contribution is 6.34. The topological polar surface area (TPSA) is 89.8 Å². The molecule has 0 aliphatic rings. The molecule has 0 N–H and O–H groups in total. The van der Waals surface area contributed by atoms with E-state index in [2.05, 4.69) is 4.74 Å². The fourth-order valence-electron chi connectivity index (χ4n) is 1.40. The zero-order valence-electron chi connectivity index (χ0n) is 10.5. The Hall–Kier alpha value is -2.15. The zero-order chi connectivity index (χ0) is 14.7. The largest absolute Gasteiger partial charge is 0.465 e. The van der Waals surface area contributed by atoms with Gasteiger partial charge in [-0.3, -0.25) is 14.9 Å². The molecule has 1 aromatic rings. The molecule has 0 unspecified atom stereocenters. The lowest BCUT2D eigenvalue weighted by Crippen LogP contribution is -2.24. The quantitative estimate of drug-likeness (QED) is 0.482. The predicted molar refractivity (Wildman–Crippen MR) is 68.5 cm³/mol. The minimum atomic E-state index is -0.787. The lowest BCUT2D eigenvalue weighted by atomic mass is 10.1. The molecule has 0 aliphatic carbocycles. The van der Waals surface area contributed by atoms with Crippen molar-refractivity contribution in [2.45, 2.75) is 6.92 Å². The van der Waals surface area contributed by atoms with Gasteiger partial charge in [-0.1, -0.05) is 11.6 Å². The molecule has 0 heterocycles. The first-order chi connectivity index (χ1) is 8.79. The summed E-state index contributed by atoms with van der Waals surface area (Å²) in [6.07, 6.45) is 0. The summed E-state index contributed by atoms with van der Waals surface area (Å²) in [6, 6.07) is 2.18. The second kappa shape index (κ2) is 5.66. The van der Waals surface area contributed by atoms with Crippen LogP contribution >= 0.6 is 11.6 Å². The van der Waals surface area contributed by atoms with Gasteiger partial charge in [-0.15, -0.1) is 0 Å². The number of esters is 1. The Balaban J connectivity index is 3.50. The van der Waals surface area contributed by atoms with Crippen LogP contribution in [0.1, 0.15) is 17.3 Å². The molecule has 7 nitrogen and oxygen atoms in total. The maximum atomic E-state index is 11.4. The molecule has 0 spiro atoms. The number of amides is 1. The second-order valence-corrected chi connectivity index (χ2v) is 4.05. The fourth-order valence-corrected chi connectivity index (χ4v) is 1.64. The lowest BCUT2D eigenvalue weighted by Gasteiger charge is -2.16. The van der Waals surface area contributed by atoms with Crippen molar-refractivity contribution in [1.29, 1.82) is 0 Å². The lowest BCUT2D eigenvalue weighted by molar-refractivity contribution is -0.384. The van der Waals surface area contributed by atoms with E-state index in [0.717, 1.165) is 18.1 Å². The summed E-state index contributed by atoms with van der Waals surface area (Å²) in [5.74, 6) is -1.19. The maximum Gasteiger partial charge on any atom is 0.339 e. The Morgan fingerprint density at radius 3 is 2.42 bits per heavy atom. The monoisotopic (exact) mass is 286 g/mol. The van der Waals surface area contributed by atoms with E-state index in [1.807, 2.05) is 0 Å². The van der Waals surface area contributed by atoms with Gasteiger partial charge in [-0.2, -0.15) is 0 Å². The van der Waals surface area contributed by atoms with Crippen LogP contribution in [-0.2, 0) is 9.53 Å². The average Bonchev–Trinajstić information content (AvgIpc) is 2.36. The minimum Gasteiger partial charge on any atom is -0.465 e. The Labute approximate surface area is 113 Å². The number of carbonyl (C=O) groups is 2. The predicted octanol–water partition coefficient (Wildman–Crippen LogP) is 2.02. The number of hydrogen-bond acceptors (Lipinski definition) is 5. The summed E-state index contributed by atoms with van der Waals surface area (Å²) >= 11 is 5.87. The van der Waals surface area contributed by atoms with Crippen LogP contribution in [-0.4, -0.2) is 31.0 Å². The first-order valence-electron chi connectivity index (χ1n) is 5.10. The maximum absolute atomic E-state index is 11.4. The van der Waals surface area contributed by atoms with E-state index in [-0.39, 0.29) is 16.3 Å². The number of halogens is 1. The first-order valence-corrected chi connectivity index (χ1v) is 5.48. The van der Waals surface area contributed by atoms with E-state index in [9.17, 15) is 19.7 Å². The summed E-state index contributed by atoms with van der Waals surface area (Å²) in [5.41, 5.74) is -0.519. The summed E-state index contributed by atoms with van der Waals surface area (Å²) in [7, 11) is 2.51. The number of nitro groups is 1. The smallest absolute Gasteiger partial charge is 0.339 e. The third-order valence-electron chi connectivity index (χ3n) is 2.50. The molecule has 19 heavy (non-hydrogen) atoms. The van der Waals surface area contributed by atoms with Gasteiger partial charge in [0.05, 0.1) is 22.6 Å². The van der Waals surface area contributed by atoms with E-state index in [1.165, 1.54) is 20.0 Å². The molecule has 1 amide bonds. The van der Waals surface area contributed by atoms with Crippen molar-refractivity contribution >= 4 is 34.9 Å². The van der Waals surface area contributed by atoms with E-state index in [0.29, 0.717) is 0 Å². The van der Waals surface area contributed by atoms with E-state index >= 15 is 0 Å². The van der Waals surface area contributed by atoms with Gasteiger partial charge in [0.25, 0.3) is 5.69 Å². The Kier molecular flexibility index (Phi) is 4.44. The molecule has 0 saturated heterocycles. The van der Waals surface area contributed by atoms with Gasteiger partial charge in [-0.25, -0.2) is 4.79 Å². The number of nitrogens with zero attached hydrogens (tertiary/aromatic N) is 2.